The lowest BCUT2D eigenvalue weighted by Crippen LogP contribution is -2.42. The predicted molar refractivity (Wildman–Crippen MR) is 106 cm³/mol. The van der Waals surface area contributed by atoms with Crippen molar-refractivity contribution >= 4 is 11.8 Å². The Bertz CT molecular complexity index is 1030. The number of amides is 2. The van der Waals surface area contributed by atoms with Crippen LogP contribution in [0.2, 0.25) is 0 Å². The molecule has 8 heteroatoms. The lowest BCUT2D eigenvalue weighted by atomic mass is 9.94. The van der Waals surface area contributed by atoms with Gasteiger partial charge in [0.15, 0.2) is 0 Å². The number of para-hydroxylation sites is 1. The van der Waals surface area contributed by atoms with Crippen LogP contribution in [-0.2, 0) is 0 Å². The molecule has 2 aromatic heterocycles. The molecule has 0 aliphatic carbocycles. The summed E-state index contributed by atoms with van der Waals surface area (Å²) in [5.41, 5.74) is 1.46. The molecular weight excluding hydrogens is 356 g/mol. The maximum absolute atomic E-state index is 12.8. The second-order valence-electron chi connectivity index (χ2n) is 6.93. The minimum atomic E-state index is -0.177. The highest BCUT2D eigenvalue weighted by Crippen LogP contribution is 2.25. The summed E-state index contributed by atoms with van der Waals surface area (Å²) < 4.78 is 1.70. The average Bonchev–Trinajstić information content (AvgIpc) is 3.16. The van der Waals surface area contributed by atoms with E-state index >= 15 is 0 Å². The quantitative estimate of drug-likeness (QED) is 0.732. The van der Waals surface area contributed by atoms with Crippen molar-refractivity contribution in [1.82, 2.24) is 24.6 Å². The van der Waals surface area contributed by atoms with Crippen LogP contribution in [0.1, 0.15) is 30.3 Å². The van der Waals surface area contributed by atoms with Crippen molar-refractivity contribution < 1.29 is 4.79 Å². The summed E-state index contributed by atoms with van der Waals surface area (Å²) in [4.78, 5) is 33.5. The molecule has 3 aromatic rings. The van der Waals surface area contributed by atoms with E-state index in [9.17, 15) is 9.59 Å². The average molecular weight is 378 g/mol. The standard InChI is InChI=1S/C20H22N6O2/c1-14-22-17(12-19(27)23-14)15-6-5-11-25(13-15)20(28)24-18-9-10-21-26(18)16-7-3-2-4-8-16/h2-4,7-10,12,15H,5-6,11,13H2,1H3,(H,24,28)(H,22,23,27). The van der Waals surface area contributed by atoms with Crippen molar-refractivity contribution in [1.29, 1.82) is 0 Å². The first-order valence-electron chi connectivity index (χ1n) is 9.33. The number of rotatable bonds is 3. The van der Waals surface area contributed by atoms with E-state index in [1.165, 1.54) is 6.07 Å². The normalized spacial score (nSPS) is 16.8. The molecule has 1 unspecified atom stereocenters. The number of hydrogen-bond acceptors (Lipinski definition) is 4. The van der Waals surface area contributed by atoms with Crippen LogP contribution in [0.15, 0.2) is 53.5 Å². The molecule has 0 radical (unpaired) electrons. The summed E-state index contributed by atoms with van der Waals surface area (Å²) >= 11 is 0. The van der Waals surface area contributed by atoms with Gasteiger partial charge in [0.1, 0.15) is 11.6 Å². The Kier molecular flexibility index (Phi) is 4.92. The zero-order valence-electron chi connectivity index (χ0n) is 15.6. The Morgan fingerprint density at radius 1 is 1.25 bits per heavy atom. The molecule has 2 amide bonds. The number of carbonyl (C=O) groups is 1. The highest BCUT2D eigenvalue weighted by atomic mass is 16.2. The van der Waals surface area contributed by atoms with Gasteiger partial charge < -0.3 is 9.88 Å². The fourth-order valence-electron chi connectivity index (χ4n) is 3.58. The number of likely N-dealkylation sites (tertiary alicyclic amines) is 1. The van der Waals surface area contributed by atoms with E-state index in [2.05, 4.69) is 20.4 Å². The van der Waals surface area contributed by atoms with E-state index < -0.39 is 0 Å². The number of benzene rings is 1. The summed E-state index contributed by atoms with van der Waals surface area (Å²) in [5.74, 6) is 1.26. The highest BCUT2D eigenvalue weighted by molar-refractivity contribution is 5.88. The number of nitrogens with zero attached hydrogens (tertiary/aromatic N) is 4. The van der Waals surface area contributed by atoms with Crippen molar-refractivity contribution in [3.05, 3.63) is 70.5 Å². The van der Waals surface area contributed by atoms with Crippen molar-refractivity contribution in [2.24, 2.45) is 0 Å². The van der Waals surface area contributed by atoms with Crippen LogP contribution in [0.5, 0.6) is 0 Å². The van der Waals surface area contributed by atoms with Crippen molar-refractivity contribution in [2.45, 2.75) is 25.7 Å². The number of nitrogens with one attached hydrogen (secondary N) is 2. The zero-order chi connectivity index (χ0) is 19.5. The topological polar surface area (TPSA) is 95.9 Å². The minimum Gasteiger partial charge on any atom is -0.324 e. The van der Waals surface area contributed by atoms with Crippen LogP contribution in [0.3, 0.4) is 0 Å². The molecule has 0 bridgehead atoms. The molecule has 1 saturated heterocycles. The van der Waals surface area contributed by atoms with Crippen LogP contribution in [-0.4, -0.2) is 43.8 Å². The van der Waals surface area contributed by atoms with Gasteiger partial charge in [0.05, 0.1) is 17.6 Å². The molecule has 1 fully saturated rings. The van der Waals surface area contributed by atoms with Crippen LogP contribution in [0.25, 0.3) is 5.69 Å². The summed E-state index contributed by atoms with van der Waals surface area (Å²) in [6.07, 6.45) is 3.43. The molecule has 1 atom stereocenters. The smallest absolute Gasteiger partial charge is 0.323 e. The second kappa shape index (κ2) is 7.67. The first-order valence-corrected chi connectivity index (χ1v) is 9.33. The van der Waals surface area contributed by atoms with E-state index in [0.717, 1.165) is 24.2 Å². The van der Waals surface area contributed by atoms with Gasteiger partial charge in [0.2, 0.25) is 0 Å². The molecule has 0 spiro atoms. The molecule has 144 valence electrons. The van der Waals surface area contributed by atoms with Gasteiger partial charge in [0, 0.05) is 31.1 Å². The molecule has 1 aliphatic heterocycles. The Morgan fingerprint density at radius 2 is 2.07 bits per heavy atom. The van der Waals surface area contributed by atoms with Crippen molar-refractivity contribution in [3.8, 4) is 5.69 Å². The third kappa shape index (κ3) is 3.80. The van der Waals surface area contributed by atoms with Crippen LogP contribution in [0, 0.1) is 6.92 Å². The van der Waals surface area contributed by atoms with Crippen molar-refractivity contribution in [2.75, 3.05) is 18.4 Å². The molecule has 8 nitrogen and oxygen atoms in total. The van der Waals surface area contributed by atoms with Crippen LogP contribution in [0.4, 0.5) is 10.6 Å². The number of piperidine rings is 1. The minimum absolute atomic E-state index is 0.0551. The van der Waals surface area contributed by atoms with Gasteiger partial charge in [-0.25, -0.2) is 14.5 Å². The molecule has 0 saturated carbocycles. The van der Waals surface area contributed by atoms with Gasteiger partial charge in [-0.15, -0.1) is 0 Å². The maximum Gasteiger partial charge on any atom is 0.323 e. The summed E-state index contributed by atoms with van der Waals surface area (Å²) in [7, 11) is 0. The van der Waals surface area contributed by atoms with Crippen LogP contribution < -0.4 is 10.9 Å². The Labute approximate surface area is 162 Å². The predicted octanol–water partition coefficient (Wildman–Crippen LogP) is 2.68. The van der Waals surface area contributed by atoms with Gasteiger partial charge in [-0.3, -0.25) is 10.1 Å². The molecule has 2 N–H and O–H groups in total. The molecule has 3 heterocycles. The van der Waals surface area contributed by atoms with E-state index in [1.54, 1.807) is 28.8 Å². The highest BCUT2D eigenvalue weighted by Gasteiger charge is 2.26. The Balaban J connectivity index is 1.49. The van der Waals surface area contributed by atoms with Gasteiger partial charge in [0.25, 0.3) is 5.56 Å². The number of carbonyl (C=O) groups excluding carboxylic acids is 1. The fraction of sp³-hybridized carbons (Fsp3) is 0.300. The van der Waals surface area contributed by atoms with Crippen LogP contribution >= 0.6 is 0 Å². The number of anilines is 1. The van der Waals surface area contributed by atoms with Crippen molar-refractivity contribution in [3.63, 3.8) is 0 Å². The fourth-order valence-corrected chi connectivity index (χ4v) is 3.58. The molecule has 28 heavy (non-hydrogen) atoms. The molecular formula is C20H22N6O2. The van der Waals surface area contributed by atoms with E-state index in [4.69, 9.17) is 0 Å². The third-order valence-electron chi connectivity index (χ3n) is 4.89. The SMILES string of the molecule is Cc1nc(C2CCCN(C(=O)Nc3ccnn3-c3ccccc3)C2)cc(=O)[nH]1. The number of hydrogen-bond donors (Lipinski definition) is 2. The zero-order valence-corrected chi connectivity index (χ0v) is 15.6. The van der Waals surface area contributed by atoms with Gasteiger partial charge in [-0.05, 0) is 31.9 Å². The Morgan fingerprint density at radius 3 is 2.86 bits per heavy atom. The van der Waals surface area contributed by atoms with E-state index in [0.29, 0.717) is 24.7 Å². The lowest BCUT2D eigenvalue weighted by Gasteiger charge is -2.32. The van der Waals surface area contributed by atoms with Gasteiger partial charge in [-0.2, -0.15) is 5.10 Å². The third-order valence-corrected chi connectivity index (χ3v) is 4.89. The number of aryl methyl sites for hydroxylation is 1. The maximum atomic E-state index is 12.8. The number of aromatic amines is 1. The first kappa shape index (κ1) is 18.0. The molecule has 1 aliphatic rings. The second-order valence-corrected chi connectivity index (χ2v) is 6.93. The van der Waals surface area contributed by atoms with Gasteiger partial charge >= 0.3 is 6.03 Å². The molecule has 1 aromatic carbocycles. The monoisotopic (exact) mass is 378 g/mol. The number of urea groups is 1. The van der Waals surface area contributed by atoms with E-state index in [1.807, 2.05) is 30.3 Å². The number of aromatic nitrogens is 4. The number of H-pyrrole nitrogens is 1. The van der Waals surface area contributed by atoms with Gasteiger partial charge in [-0.1, -0.05) is 18.2 Å². The summed E-state index contributed by atoms with van der Waals surface area (Å²) in [6, 6.07) is 12.8. The largest absolute Gasteiger partial charge is 0.324 e. The Hall–Kier alpha value is -3.42. The molecule has 4 rings (SSSR count). The summed E-state index contributed by atoms with van der Waals surface area (Å²) in [6.45, 7) is 2.97. The lowest BCUT2D eigenvalue weighted by molar-refractivity contribution is 0.192. The first-order chi connectivity index (χ1) is 13.6. The van der Waals surface area contributed by atoms with E-state index in [-0.39, 0.29) is 17.5 Å². The summed E-state index contributed by atoms with van der Waals surface area (Å²) in [5, 5.41) is 7.25.